The van der Waals surface area contributed by atoms with Crippen molar-refractivity contribution in [3.05, 3.63) is 35.4 Å². The van der Waals surface area contributed by atoms with E-state index >= 15 is 0 Å². The van der Waals surface area contributed by atoms with Crippen LogP contribution in [0.25, 0.3) is 0 Å². The van der Waals surface area contributed by atoms with Crippen LogP contribution in [0.15, 0.2) is 24.3 Å². The summed E-state index contributed by atoms with van der Waals surface area (Å²) >= 11 is 0. The first-order chi connectivity index (χ1) is 9.57. The first kappa shape index (κ1) is 18.0. The van der Waals surface area contributed by atoms with E-state index in [4.69, 9.17) is 5.73 Å². The maximum Gasteiger partial charge on any atom is 0.220 e. The molecule has 0 radical (unpaired) electrons. The van der Waals surface area contributed by atoms with Crippen molar-refractivity contribution in [2.24, 2.45) is 11.7 Å². The summed E-state index contributed by atoms with van der Waals surface area (Å²) in [7, 11) is 0. The summed E-state index contributed by atoms with van der Waals surface area (Å²) < 4.78 is 0. The largest absolute Gasteiger partial charge is 0.349 e. The van der Waals surface area contributed by atoms with Gasteiger partial charge in [-0.05, 0) is 49.7 Å². The zero-order valence-corrected chi connectivity index (χ0v) is 13.8. The van der Waals surface area contributed by atoms with Gasteiger partial charge in [-0.15, -0.1) is 12.4 Å². The van der Waals surface area contributed by atoms with Gasteiger partial charge in [-0.2, -0.15) is 0 Å². The highest BCUT2D eigenvalue weighted by atomic mass is 35.5. The molecule has 1 saturated carbocycles. The third-order valence-corrected chi connectivity index (χ3v) is 4.40. The quantitative estimate of drug-likeness (QED) is 0.813. The monoisotopic (exact) mass is 310 g/mol. The van der Waals surface area contributed by atoms with Crippen molar-refractivity contribution in [1.82, 2.24) is 5.32 Å². The maximum atomic E-state index is 12.1. The Morgan fingerprint density at radius 2 is 1.86 bits per heavy atom. The predicted octanol–water partition coefficient (Wildman–Crippen LogP) is 2.85. The van der Waals surface area contributed by atoms with Crippen LogP contribution in [0.2, 0.25) is 0 Å². The van der Waals surface area contributed by atoms with Gasteiger partial charge in [0, 0.05) is 13.0 Å². The van der Waals surface area contributed by atoms with Crippen molar-refractivity contribution in [2.45, 2.75) is 51.5 Å². The van der Waals surface area contributed by atoms with E-state index in [2.05, 4.69) is 43.4 Å². The molecule has 21 heavy (non-hydrogen) atoms. The molecule has 1 aromatic carbocycles. The second-order valence-corrected chi connectivity index (χ2v) is 6.11. The lowest BCUT2D eigenvalue weighted by Gasteiger charge is -2.29. The van der Waals surface area contributed by atoms with Crippen molar-refractivity contribution < 1.29 is 4.79 Å². The molecule has 1 aliphatic carbocycles. The Morgan fingerprint density at radius 3 is 2.33 bits per heavy atom. The minimum absolute atomic E-state index is 0. The Hall–Kier alpha value is -1.06. The number of nitrogens with two attached hydrogens (primary N) is 1. The topological polar surface area (TPSA) is 55.1 Å². The van der Waals surface area contributed by atoms with Gasteiger partial charge in [0.15, 0.2) is 0 Å². The van der Waals surface area contributed by atoms with Gasteiger partial charge in [-0.3, -0.25) is 4.79 Å². The number of amides is 1. The van der Waals surface area contributed by atoms with Crippen LogP contribution in [0.1, 0.15) is 44.2 Å². The minimum Gasteiger partial charge on any atom is -0.349 e. The molecular weight excluding hydrogens is 284 g/mol. The number of aryl methyl sites for hydroxylation is 2. The summed E-state index contributed by atoms with van der Waals surface area (Å²) in [4.78, 5) is 12.1. The Morgan fingerprint density at radius 1 is 1.29 bits per heavy atom. The van der Waals surface area contributed by atoms with Gasteiger partial charge in [-0.25, -0.2) is 0 Å². The molecule has 0 aromatic heterocycles. The molecule has 0 heterocycles. The minimum atomic E-state index is -0.205. The smallest absolute Gasteiger partial charge is 0.220 e. The van der Waals surface area contributed by atoms with E-state index < -0.39 is 0 Å². The summed E-state index contributed by atoms with van der Waals surface area (Å²) in [5.41, 5.74) is 8.17. The Bertz CT molecular complexity index is 456. The Balaban J connectivity index is 0.00000220. The molecule has 1 aromatic rings. The molecule has 1 fully saturated rings. The Labute approximate surface area is 134 Å². The third kappa shape index (κ3) is 5.01. The molecule has 118 valence electrons. The first-order valence-corrected chi connectivity index (χ1v) is 7.66. The molecule has 1 aliphatic rings. The van der Waals surface area contributed by atoms with Gasteiger partial charge in [0.2, 0.25) is 5.91 Å². The molecule has 1 unspecified atom stereocenters. The maximum absolute atomic E-state index is 12.1. The second-order valence-electron chi connectivity index (χ2n) is 6.11. The van der Waals surface area contributed by atoms with Crippen LogP contribution in [0.4, 0.5) is 0 Å². The number of hydrogen-bond acceptors (Lipinski definition) is 2. The standard InChI is InChI=1S/C17H26N2O.ClH/c1-3-13-4-6-14(7-5-13)8-11-16(20)19-17(2,12-18)15-9-10-15;/h4-7,15H,3,8-12,18H2,1-2H3,(H,19,20);1H. The number of nitrogens with one attached hydrogen (secondary N) is 1. The van der Waals surface area contributed by atoms with Crippen LogP contribution >= 0.6 is 12.4 Å². The molecule has 0 spiro atoms. The highest BCUT2D eigenvalue weighted by Crippen LogP contribution is 2.38. The highest BCUT2D eigenvalue weighted by Gasteiger charge is 2.41. The molecule has 4 heteroatoms. The Kier molecular flexibility index (Phi) is 6.69. The van der Waals surface area contributed by atoms with Crippen molar-refractivity contribution in [1.29, 1.82) is 0 Å². The summed E-state index contributed by atoms with van der Waals surface area (Å²) in [6.45, 7) is 4.74. The van der Waals surface area contributed by atoms with Gasteiger partial charge < -0.3 is 11.1 Å². The van der Waals surface area contributed by atoms with Crippen LogP contribution in [0.3, 0.4) is 0 Å². The van der Waals surface area contributed by atoms with Crippen LogP contribution in [-0.2, 0) is 17.6 Å². The highest BCUT2D eigenvalue weighted by molar-refractivity contribution is 5.85. The van der Waals surface area contributed by atoms with E-state index in [0.29, 0.717) is 18.9 Å². The van der Waals surface area contributed by atoms with Crippen LogP contribution in [0.5, 0.6) is 0 Å². The van der Waals surface area contributed by atoms with Gasteiger partial charge in [0.25, 0.3) is 0 Å². The fraction of sp³-hybridized carbons (Fsp3) is 0.588. The number of hydrogen-bond donors (Lipinski definition) is 2. The number of rotatable bonds is 7. The molecule has 0 saturated heterocycles. The molecule has 0 aliphatic heterocycles. The van der Waals surface area contributed by atoms with Crippen LogP contribution in [0, 0.1) is 5.92 Å². The van der Waals surface area contributed by atoms with E-state index in [1.165, 1.54) is 24.0 Å². The van der Waals surface area contributed by atoms with E-state index in [0.717, 1.165) is 12.8 Å². The molecule has 3 nitrogen and oxygen atoms in total. The average molecular weight is 311 g/mol. The third-order valence-electron chi connectivity index (χ3n) is 4.40. The number of carbonyl (C=O) groups excluding carboxylic acids is 1. The lowest BCUT2D eigenvalue weighted by atomic mass is 9.95. The van der Waals surface area contributed by atoms with Crippen LogP contribution in [-0.4, -0.2) is 18.0 Å². The lowest BCUT2D eigenvalue weighted by molar-refractivity contribution is -0.123. The summed E-state index contributed by atoms with van der Waals surface area (Å²) in [6.07, 6.45) is 4.75. The zero-order valence-electron chi connectivity index (χ0n) is 13.0. The normalized spacial score (nSPS) is 16.7. The second kappa shape index (κ2) is 7.81. The van der Waals surface area contributed by atoms with Crippen molar-refractivity contribution in [2.75, 3.05) is 6.54 Å². The molecule has 0 bridgehead atoms. The van der Waals surface area contributed by atoms with E-state index in [1.54, 1.807) is 0 Å². The molecule has 3 N–H and O–H groups in total. The van der Waals surface area contributed by atoms with Crippen molar-refractivity contribution in [3.63, 3.8) is 0 Å². The average Bonchev–Trinajstić information content (AvgIpc) is 3.30. The van der Waals surface area contributed by atoms with Crippen LogP contribution < -0.4 is 11.1 Å². The number of benzene rings is 1. The molecular formula is C17H27ClN2O. The van der Waals surface area contributed by atoms with Gasteiger partial charge >= 0.3 is 0 Å². The number of halogens is 1. The molecule has 1 amide bonds. The van der Waals surface area contributed by atoms with E-state index in [-0.39, 0.29) is 23.9 Å². The fourth-order valence-corrected chi connectivity index (χ4v) is 2.62. The summed E-state index contributed by atoms with van der Waals surface area (Å²) in [5.74, 6) is 0.685. The SMILES string of the molecule is CCc1ccc(CCC(=O)NC(C)(CN)C2CC2)cc1.Cl. The van der Waals surface area contributed by atoms with E-state index in [1.807, 2.05) is 0 Å². The van der Waals surface area contributed by atoms with E-state index in [9.17, 15) is 4.79 Å². The summed E-state index contributed by atoms with van der Waals surface area (Å²) in [6, 6.07) is 8.52. The van der Waals surface area contributed by atoms with Crippen molar-refractivity contribution in [3.8, 4) is 0 Å². The summed E-state index contributed by atoms with van der Waals surface area (Å²) in [5, 5.41) is 3.13. The van der Waals surface area contributed by atoms with Gasteiger partial charge in [0.05, 0.1) is 5.54 Å². The molecule has 2 rings (SSSR count). The predicted molar refractivity (Wildman–Crippen MR) is 89.7 cm³/mol. The van der Waals surface area contributed by atoms with Gasteiger partial charge in [0.1, 0.15) is 0 Å². The first-order valence-electron chi connectivity index (χ1n) is 7.66. The fourth-order valence-electron chi connectivity index (χ4n) is 2.62. The van der Waals surface area contributed by atoms with Gasteiger partial charge in [-0.1, -0.05) is 31.2 Å². The zero-order chi connectivity index (χ0) is 14.6. The number of carbonyl (C=O) groups is 1. The van der Waals surface area contributed by atoms with Crippen molar-refractivity contribution >= 4 is 18.3 Å². The molecule has 1 atom stereocenters. The lowest BCUT2D eigenvalue weighted by Crippen LogP contribution is -2.53.